The zero-order valence-electron chi connectivity index (χ0n) is 10.5. The average Bonchev–Trinajstić information content (AvgIpc) is 2.25. The molecule has 0 saturated carbocycles. The highest BCUT2D eigenvalue weighted by Gasteiger charge is 2.50. The second kappa shape index (κ2) is 3.86. The van der Waals surface area contributed by atoms with Gasteiger partial charge in [-0.3, -0.25) is 0 Å². The molecule has 2 atom stereocenters. The Morgan fingerprint density at radius 1 is 1.19 bits per heavy atom. The molecule has 1 aromatic rings. The van der Waals surface area contributed by atoms with Crippen molar-refractivity contribution in [1.29, 1.82) is 0 Å². The molecule has 1 unspecified atom stereocenters. The van der Waals surface area contributed by atoms with E-state index in [1.165, 1.54) is 4.90 Å². The Labute approximate surface area is 97.9 Å². The molecule has 1 aliphatic rings. The predicted octanol–water partition coefficient (Wildman–Crippen LogP) is 0.819. The van der Waals surface area contributed by atoms with Gasteiger partial charge in [-0.2, -0.15) is 0 Å². The van der Waals surface area contributed by atoms with Crippen molar-refractivity contribution in [3.05, 3.63) is 35.9 Å². The predicted molar refractivity (Wildman–Crippen MR) is 65.4 cm³/mol. The highest BCUT2D eigenvalue weighted by atomic mass is 16.3. The summed E-state index contributed by atoms with van der Waals surface area (Å²) in [6.45, 7) is 6.39. The monoisotopic (exact) mass is 220 g/mol. The van der Waals surface area contributed by atoms with Crippen LogP contribution < -0.4 is 4.90 Å². The van der Waals surface area contributed by atoms with Crippen LogP contribution in [0.2, 0.25) is 0 Å². The van der Waals surface area contributed by atoms with Crippen LogP contribution in [0.3, 0.4) is 0 Å². The van der Waals surface area contributed by atoms with Gasteiger partial charge in [-0.05, 0) is 5.56 Å². The maximum atomic E-state index is 11.0. The zero-order chi connectivity index (χ0) is 11.8. The Morgan fingerprint density at radius 3 is 2.38 bits per heavy atom. The third kappa shape index (κ3) is 1.76. The van der Waals surface area contributed by atoms with Crippen molar-refractivity contribution in [2.24, 2.45) is 5.41 Å². The molecule has 88 valence electrons. The number of piperidine rings is 1. The smallest absolute Gasteiger partial charge is 0.105 e. The minimum Gasteiger partial charge on any atom is -0.384 e. The highest BCUT2D eigenvalue weighted by molar-refractivity contribution is 5.25. The molecule has 1 aromatic carbocycles. The summed E-state index contributed by atoms with van der Waals surface area (Å²) >= 11 is 0. The minimum absolute atomic E-state index is 0.0727. The quantitative estimate of drug-likeness (QED) is 0.719. The van der Waals surface area contributed by atoms with Gasteiger partial charge in [0.1, 0.15) is 5.60 Å². The van der Waals surface area contributed by atoms with Crippen molar-refractivity contribution >= 4 is 0 Å². The van der Waals surface area contributed by atoms with Crippen LogP contribution in [0.4, 0.5) is 0 Å². The number of benzene rings is 1. The standard InChI is InChI=1S/C14H21NO/c1-13(2)11-15(3)10-9-14(13,16)12-7-5-4-6-8-12/h4-8,16H,9-11H2,1-3H3/p+1/t14-/m1/s1. The van der Waals surface area contributed by atoms with Crippen molar-refractivity contribution in [2.45, 2.75) is 25.9 Å². The summed E-state index contributed by atoms with van der Waals surface area (Å²) in [7, 11) is 2.20. The minimum atomic E-state index is -0.673. The van der Waals surface area contributed by atoms with Gasteiger partial charge in [0.25, 0.3) is 0 Å². The van der Waals surface area contributed by atoms with Gasteiger partial charge in [-0.25, -0.2) is 0 Å². The van der Waals surface area contributed by atoms with E-state index in [9.17, 15) is 5.11 Å². The van der Waals surface area contributed by atoms with Crippen LogP contribution in [-0.2, 0) is 5.60 Å². The van der Waals surface area contributed by atoms with E-state index in [2.05, 4.69) is 20.9 Å². The number of hydrogen-bond donors (Lipinski definition) is 2. The van der Waals surface area contributed by atoms with E-state index in [0.717, 1.165) is 25.1 Å². The summed E-state index contributed by atoms with van der Waals surface area (Å²) in [6.07, 6.45) is 0.843. The van der Waals surface area contributed by atoms with Gasteiger partial charge in [0.2, 0.25) is 0 Å². The van der Waals surface area contributed by atoms with E-state index < -0.39 is 5.60 Å². The Hall–Kier alpha value is -0.860. The summed E-state index contributed by atoms with van der Waals surface area (Å²) in [6, 6.07) is 10.1. The topological polar surface area (TPSA) is 24.7 Å². The first-order valence-corrected chi connectivity index (χ1v) is 6.05. The van der Waals surface area contributed by atoms with Crippen LogP contribution in [0.15, 0.2) is 30.3 Å². The van der Waals surface area contributed by atoms with Crippen LogP contribution in [0.5, 0.6) is 0 Å². The van der Waals surface area contributed by atoms with Crippen molar-refractivity contribution < 1.29 is 10.0 Å². The van der Waals surface area contributed by atoms with Gasteiger partial charge < -0.3 is 10.0 Å². The van der Waals surface area contributed by atoms with E-state index in [1.54, 1.807) is 0 Å². The zero-order valence-corrected chi connectivity index (χ0v) is 10.5. The molecule has 1 fully saturated rings. The first-order valence-electron chi connectivity index (χ1n) is 6.05. The molecule has 0 amide bonds. The van der Waals surface area contributed by atoms with Gasteiger partial charge in [0.05, 0.1) is 20.1 Å². The van der Waals surface area contributed by atoms with Crippen molar-refractivity contribution in [1.82, 2.24) is 0 Å². The summed E-state index contributed by atoms with van der Waals surface area (Å²) in [5.74, 6) is 0. The molecule has 0 bridgehead atoms. The van der Waals surface area contributed by atoms with Crippen molar-refractivity contribution in [3.63, 3.8) is 0 Å². The fraction of sp³-hybridized carbons (Fsp3) is 0.571. The fourth-order valence-electron chi connectivity index (χ4n) is 2.97. The maximum absolute atomic E-state index is 11.0. The second-order valence-corrected chi connectivity index (χ2v) is 5.74. The molecular formula is C14H22NO+. The summed E-state index contributed by atoms with van der Waals surface area (Å²) in [4.78, 5) is 1.51. The van der Waals surface area contributed by atoms with Crippen molar-refractivity contribution in [3.8, 4) is 0 Å². The summed E-state index contributed by atoms with van der Waals surface area (Å²) in [5, 5.41) is 11.0. The largest absolute Gasteiger partial charge is 0.384 e. The van der Waals surface area contributed by atoms with E-state index in [4.69, 9.17) is 0 Å². The lowest BCUT2D eigenvalue weighted by Gasteiger charge is -2.47. The molecule has 16 heavy (non-hydrogen) atoms. The molecule has 2 heteroatoms. The number of nitrogens with one attached hydrogen (secondary N) is 1. The fourth-order valence-corrected chi connectivity index (χ4v) is 2.97. The lowest BCUT2D eigenvalue weighted by Crippen LogP contribution is -3.12. The van der Waals surface area contributed by atoms with Crippen LogP contribution in [0.25, 0.3) is 0 Å². The summed E-state index contributed by atoms with van der Waals surface area (Å²) < 4.78 is 0. The SMILES string of the molecule is C[NH+]1CC[C@@](O)(c2ccccc2)C(C)(C)C1. The van der Waals surface area contributed by atoms with Crippen LogP contribution in [0.1, 0.15) is 25.8 Å². The van der Waals surface area contributed by atoms with Gasteiger partial charge >= 0.3 is 0 Å². The second-order valence-electron chi connectivity index (χ2n) is 5.74. The highest BCUT2D eigenvalue weighted by Crippen LogP contribution is 2.42. The molecule has 1 heterocycles. The molecule has 0 aromatic heterocycles. The van der Waals surface area contributed by atoms with Gasteiger partial charge in [-0.15, -0.1) is 0 Å². The molecule has 1 aliphatic heterocycles. The van der Waals surface area contributed by atoms with E-state index in [1.807, 2.05) is 30.3 Å². The Bertz CT molecular complexity index is 360. The first kappa shape index (κ1) is 11.6. The third-order valence-electron chi connectivity index (χ3n) is 4.03. The Kier molecular flexibility index (Phi) is 2.81. The van der Waals surface area contributed by atoms with Crippen LogP contribution in [-0.4, -0.2) is 25.2 Å². The molecule has 2 N–H and O–H groups in total. The Morgan fingerprint density at radius 2 is 1.81 bits per heavy atom. The molecule has 0 aliphatic carbocycles. The molecule has 0 spiro atoms. The van der Waals surface area contributed by atoms with E-state index in [-0.39, 0.29) is 5.41 Å². The molecule has 1 saturated heterocycles. The van der Waals surface area contributed by atoms with Crippen molar-refractivity contribution in [2.75, 3.05) is 20.1 Å². The maximum Gasteiger partial charge on any atom is 0.105 e. The van der Waals surface area contributed by atoms with Crippen LogP contribution in [0, 0.1) is 5.41 Å². The third-order valence-corrected chi connectivity index (χ3v) is 4.03. The normalized spacial score (nSPS) is 33.6. The van der Waals surface area contributed by atoms with Gasteiger partial charge in [0, 0.05) is 11.8 Å². The first-order chi connectivity index (χ1) is 7.46. The Balaban J connectivity index is 2.37. The lowest BCUT2D eigenvalue weighted by molar-refractivity contribution is -0.896. The van der Waals surface area contributed by atoms with E-state index >= 15 is 0 Å². The van der Waals surface area contributed by atoms with E-state index in [0.29, 0.717) is 0 Å². The number of aliphatic hydroxyl groups is 1. The van der Waals surface area contributed by atoms with Gasteiger partial charge in [-0.1, -0.05) is 44.2 Å². The molecule has 0 radical (unpaired) electrons. The average molecular weight is 220 g/mol. The number of likely N-dealkylation sites (tertiary alicyclic amines) is 1. The number of quaternary nitrogens is 1. The van der Waals surface area contributed by atoms with Crippen LogP contribution >= 0.6 is 0 Å². The molecule has 2 nitrogen and oxygen atoms in total. The molecule has 2 rings (SSSR count). The van der Waals surface area contributed by atoms with Gasteiger partial charge in [0.15, 0.2) is 0 Å². The number of hydrogen-bond acceptors (Lipinski definition) is 1. The molecular weight excluding hydrogens is 198 g/mol. The summed E-state index contributed by atoms with van der Waals surface area (Å²) in [5.41, 5.74) is 0.317. The lowest BCUT2D eigenvalue weighted by atomic mass is 9.66. The number of rotatable bonds is 1.